The van der Waals surface area contributed by atoms with Gasteiger partial charge in [-0.15, -0.1) is 0 Å². The van der Waals surface area contributed by atoms with Gasteiger partial charge >= 0.3 is 0 Å². The third-order valence-corrected chi connectivity index (χ3v) is 7.62. The number of likely N-dealkylation sites (tertiary alicyclic amines) is 1. The third kappa shape index (κ3) is 2.51. The highest BCUT2D eigenvalue weighted by Crippen LogP contribution is 2.65. The molecule has 1 saturated heterocycles. The molecule has 2 saturated carbocycles. The average Bonchev–Trinajstić information content (AvgIpc) is 3.27. The molecule has 2 amide bonds. The first-order chi connectivity index (χ1) is 11.8. The molecule has 3 fully saturated rings. The summed E-state index contributed by atoms with van der Waals surface area (Å²) in [4.78, 5) is 26.8. The number of nitrogens with zero attached hydrogens (tertiary/aromatic N) is 1. The van der Waals surface area contributed by atoms with Crippen LogP contribution in [-0.2, 0) is 16.1 Å². The Morgan fingerprint density at radius 2 is 2.20 bits per heavy atom. The zero-order valence-electron chi connectivity index (χ0n) is 15.4. The van der Waals surface area contributed by atoms with Crippen LogP contribution >= 0.6 is 0 Å². The number of furan rings is 1. The molecule has 5 heteroatoms. The normalized spacial score (nSPS) is 36.2. The third-order valence-electron chi connectivity index (χ3n) is 7.62. The van der Waals surface area contributed by atoms with Crippen LogP contribution in [0.1, 0.15) is 52.2 Å². The lowest BCUT2D eigenvalue weighted by Gasteiger charge is -2.39. The van der Waals surface area contributed by atoms with Crippen molar-refractivity contribution in [2.45, 2.75) is 59.0 Å². The Morgan fingerprint density at radius 3 is 2.80 bits per heavy atom. The average molecular weight is 344 g/mol. The van der Waals surface area contributed by atoms with Gasteiger partial charge in [0.05, 0.1) is 18.7 Å². The maximum Gasteiger partial charge on any atom is 0.225 e. The summed E-state index contributed by atoms with van der Waals surface area (Å²) in [6.07, 6.45) is 5.45. The standard InChI is InChI=1S/C20H28N2O3/c1-19(2)14-6-7-20(19,3)16(10-14)21-18(24)13-9-17(23)22(11-13)12-15-5-4-8-25-15/h4-5,8,13-14,16H,6-7,9-12H2,1-3H3,(H,21,24)/t13-,14-,16-,20+/m1/s1. The molecular formula is C20H28N2O3. The summed E-state index contributed by atoms with van der Waals surface area (Å²) < 4.78 is 5.32. The molecule has 1 N–H and O–H groups in total. The zero-order valence-corrected chi connectivity index (χ0v) is 15.4. The van der Waals surface area contributed by atoms with Crippen molar-refractivity contribution in [3.8, 4) is 0 Å². The minimum atomic E-state index is -0.242. The van der Waals surface area contributed by atoms with Crippen molar-refractivity contribution in [3.63, 3.8) is 0 Å². The Kier molecular flexibility index (Phi) is 3.74. The van der Waals surface area contributed by atoms with Gasteiger partial charge in [-0.1, -0.05) is 20.8 Å². The maximum atomic E-state index is 12.8. The van der Waals surface area contributed by atoms with E-state index < -0.39 is 0 Å². The second-order valence-electron chi connectivity index (χ2n) is 8.93. The first-order valence-corrected chi connectivity index (χ1v) is 9.42. The number of rotatable bonds is 4. The zero-order chi connectivity index (χ0) is 17.8. The molecule has 25 heavy (non-hydrogen) atoms. The van der Waals surface area contributed by atoms with Crippen LogP contribution in [0.4, 0.5) is 0 Å². The molecule has 4 rings (SSSR count). The van der Waals surface area contributed by atoms with Crippen molar-refractivity contribution in [1.29, 1.82) is 0 Å². The van der Waals surface area contributed by atoms with Gasteiger partial charge in [0, 0.05) is 19.0 Å². The van der Waals surface area contributed by atoms with Gasteiger partial charge in [-0.2, -0.15) is 0 Å². The SMILES string of the molecule is CC1(C)[C@@H]2CC[C@@]1(C)[C@H](NC(=O)[C@@H]1CC(=O)N(Cc3ccco3)C1)C2. The van der Waals surface area contributed by atoms with Crippen molar-refractivity contribution < 1.29 is 14.0 Å². The number of carbonyl (C=O) groups is 2. The summed E-state index contributed by atoms with van der Waals surface area (Å²) in [5, 5.41) is 3.31. The lowest BCUT2D eigenvalue weighted by molar-refractivity contribution is -0.129. The number of carbonyl (C=O) groups excluding carboxylic acids is 2. The molecule has 4 atom stereocenters. The Morgan fingerprint density at radius 1 is 1.40 bits per heavy atom. The van der Waals surface area contributed by atoms with E-state index in [-0.39, 0.29) is 34.6 Å². The second kappa shape index (κ2) is 5.61. The second-order valence-corrected chi connectivity index (χ2v) is 8.93. The van der Waals surface area contributed by atoms with Crippen LogP contribution in [0.25, 0.3) is 0 Å². The van der Waals surface area contributed by atoms with Gasteiger partial charge in [-0.05, 0) is 48.1 Å². The Hall–Kier alpha value is -1.78. The van der Waals surface area contributed by atoms with Crippen LogP contribution in [0.5, 0.6) is 0 Å². The molecule has 2 heterocycles. The number of nitrogens with one attached hydrogen (secondary N) is 1. The first-order valence-electron chi connectivity index (χ1n) is 9.42. The van der Waals surface area contributed by atoms with E-state index in [1.165, 1.54) is 12.8 Å². The van der Waals surface area contributed by atoms with Gasteiger partial charge in [0.2, 0.25) is 11.8 Å². The van der Waals surface area contributed by atoms with Gasteiger partial charge in [0.25, 0.3) is 0 Å². The molecular weight excluding hydrogens is 316 g/mol. The van der Waals surface area contributed by atoms with Crippen molar-refractivity contribution in [2.75, 3.05) is 6.54 Å². The fourth-order valence-corrected chi connectivity index (χ4v) is 5.40. The highest BCUT2D eigenvalue weighted by atomic mass is 16.3. The van der Waals surface area contributed by atoms with E-state index in [1.54, 1.807) is 11.2 Å². The number of hydrogen-bond acceptors (Lipinski definition) is 3. The molecule has 136 valence electrons. The number of hydrogen-bond donors (Lipinski definition) is 1. The predicted molar refractivity (Wildman–Crippen MR) is 93.4 cm³/mol. The Labute approximate surface area is 149 Å². The van der Waals surface area contributed by atoms with Crippen molar-refractivity contribution in [2.24, 2.45) is 22.7 Å². The molecule has 1 aliphatic heterocycles. The fraction of sp³-hybridized carbons (Fsp3) is 0.700. The van der Waals surface area contributed by atoms with E-state index in [2.05, 4.69) is 26.1 Å². The van der Waals surface area contributed by atoms with Crippen LogP contribution in [-0.4, -0.2) is 29.3 Å². The maximum absolute atomic E-state index is 12.8. The molecule has 0 aromatic carbocycles. The topological polar surface area (TPSA) is 62.6 Å². The number of fused-ring (bicyclic) bond motifs is 2. The largest absolute Gasteiger partial charge is 0.467 e. The highest BCUT2D eigenvalue weighted by molar-refractivity contribution is 5.89. The van der Waals surface area contributed by atoms with E-state index in [0.717, 1.165) is 12.2 Å². The van der Waals surface area contributed by atoms with Crippen molar-refractivity contribution >= 4 is 11.8 Å². The molecule has 0 spiro atoms. The summed E-state index contributed by atoms with van der Waals surface area (Å²) in [5.74, 6) is 1.30. The van der Waals surface area contributed by atoms with E-state index in [4.69, 9.17) is 4.42 Å². The predicted octanol–water partition coefficient (Wildman–Crippen LogP) is 2.96. The van der Waals surface area contributed by atoms with Crippen LogP contribution in [0.2, 0.25) is 0 Å². The van der Waals surface area contributed by atoms with E-state index >= 15 is 0 Å². The molecule has 1 aromatic heterocycles. The molecule has 5 nitrogen and oxygen atoms in total. The summed E-state index contributed by atoms with van der Waals surface area (Å²) >= 11 is 0. The minimum absolute atomic E-state index is 0.0380. The molecule has 1 aromatic rings. The monoisotopic (exact) mass is 344 g/mol. The quantitative estimate of drug-likeness (QED) is 0.913. The van der Waals surface area contributed by atoms with Gasteiger partial charge in [0.15, 0.2) is 0 Å². The van der Waals surface area contributed by atoms with Gasteiger partial charge < -0.3 is 14.6 Å². The molecule has 0 unspecified atom stereocenters. The summed E-state index contributed by atoms with van der Waals surface area (Å²) in [7, 11) is 0. The first kappa shape index (κ1) is 16.7. The van der Waals surface area contributed by atoms with Crippen LogP contribution in [0.15, 0.2) is 22.8 Å². The van der Waals surface area contributed by atoms with Gasteiger partial charge in [-0.25, -0.2) is 0 Å². The molecule has 3 aliphatic rings. The van der Waals surface area contributed by atoms with E-state index in [1.807, 2.05) is 12.1 Å². The molecule has 2 aliphatic carbocycles. The van der Waals surface area contributed by atoms with Crippen LogP contribution in [0, 0.1) is 22.7 Å². The molecule has 0 radical (unpaired) electrons. The number of amides is 2. The summed E-state index contributed by atoms with van der Waals surface area (Å²) in [6, 6.07) is 3.92. The Balaban J connectivity index is 1.39. The van der Waals surface area contributed by atoms with Gasteiger partial charge in [-0.3, -0.25) is 9.59 Å². The van der Waals surface area contributed by atoms with Crippen LogP contribution in [0.3, 0.4) is 0 Å². The van der Waals surface area contributed by atoms with Crippen LogP contribution < -0.4 is 5.32 Å². The summed E-state index contributed by atoms with van der Waals surface area (Å²) in [6.45, 7) is 7.96. The fourth-order valence-electron chi connectivity index (χ4n) is 5.40. The van der Waals surface area contributed by atoms with E-state index in [0.29, 0.717) is 25.4 Å². The van der Waals surface area contributed by atoms with E-state index in [9.17, 15) is 9.59 Å². The Bertz CT molecular complexity index is 681. The molecule has 2 bridgehead atoms. The van der Waals surface area contributed by atoms with Crippen molar-refractivity contribution in [1.82, 2.24) is 10.2 Å². The summed E-state index contributed by atoms with van der Waals surface area (Å²) in [5.41, 5.74) is 0.450. The highest BCUT2D eigenvalue weighted by Gasteiger charge is 2.61. The lowest BCUT2D eigenvalue weighted by atomic mass is 9.69. The van der Waals surface area contributed by atoms with Crippen molar-refractivity contribution in [3.05, 3.63) is 24.2 Å². The minimum Gasteiger partial charge on any atom is -0.467 e. The lowest BCUT2D eigenvalue weighted by Crippen LogP contribution is -2.48. The smallest absolute Gasteiger partial charge is 0.225 e. The van der Waals surface area contributed by atoms with Gasteiger partial charge in [0.1, 0.15) is 5.76 Å².